The van der Waals surface area contributed by atoms with E-state index in [4.69, 9.17) is 0 Å². The van der Waals surface area contributed by atoms with Gasteiger partial charge in [-0.25, -0.2) is 0 Å². The first-order valence-electron chi connectivity index (χ1n) is 7.05. The van der Waals surface area contributed by atoms with Crippen LogP contribution in [-0.2, 0) is 6.42 Å². The average Bonchev–Trinajstić information content (AvgIpc) is 2.39. The molecule has 0 fully saturated rings. The number of rotatable bonds is 5. The van der Waals surface area contributed by atoms with Crippen LogP contribution >= 0.6 is 0 Å². The highest BCUT2D eigenvalue weighted by Gasteiger charge is 2.12. The van der Waals surface area contributed by atoms with Gasteiger partial charge in [-0.1, -0.05) is 61.0 Å². The first-order valence-corrected chi connectivity index (χ1v) is 7.05. The summed E-state index contributed by atoms with van der Waals surface area (Å²) >= 11 is 0. The molecule has 0 bridgehead atoms. The van der Waals surface area contributed by atoms with Gasteiger partial charge in [-0.3, -0.25) is 0 Å². The van der Waals surface area contributed by atoms with Gasteiger partial charge in [0.2, 0.25) is 0 Å². The van der Waals surface area contributed by atoms with E-state index in [1.165, 1.54) is 22.3 Å². The van der Waals surface area contributed by atoms with Crippen molar-refractivity contribution in [3.05, 3.63) is 70.8 Å². The van der Waals surface area contributed by atoms with Crippen LogP contribution in [0.3, 0.4) is 0 Å². The lowest BCUT2D eigenvalue weighted by atomic mass is 9.95. The Hall–Kier alpha value is -1.60. The van der Waals surface area contributed by atoms with Gasteiger partial charge in [-0.05, 0) is 43.5 Å². The molecule has 0 aliphatic carbocycles. The summed E-state index contributed by atoms with van der Waals surface area (Å²) in [6.07, 6.45) is 1.04. The van der Waals surface area contributed by atoms with Gasteiger partial charge in [-0.2, -0.15) is 0 Å². The number of likely N-dealkylation sites (N-methyl/N-ethyl adjacent to an activating group) is 1. The van der Waals surface area contributed by atoms with Crippen molar-refractivity contribution in [2.24, 2.45) is 0 Å². The predicted octanol–water partition coefficient (Wildman–Crippen LogP) is 4.20. The second-order valence-corrected chi connectivity index (χ2v) is 5.16. The number of hydrogen-bond donors (Lipinski definition) is 1. The van der Waals surface area contributed by atoms with Gasteiger partial charge < -0.3 is 5.32 Å². The largest absolute Gasteiger partial charge is 0.310 e. The second kappa shape index (κ2) is 6.53. The Morgan fingerprint density at radius 3 is 2.47 bits per heavy atom. The van der Waals surface area contributed by atoms with E-state index in [9.17, 15) is 0 Å². The summed E-state index contributed by atoms with van der Waals surface area (Å²) in [7, 11) is 0. The molecule has 0 radical (unpaired) electrons. The van der Waals surface area contributed by atoms with Gasteiger partial charge in [0, 0.05) is 6.04 Å². The molecular weight excluding hydrogens is 230 g/mol. The molecule has 2 rings (SSSR count). The number of hydrogen-bond acceptors (Lipinski definition) is 1. The minimum Gasteiger partial charge on any atom is -0.310 e. The maximum atomic E-state index is 3.61. The van der Waals surface area contributed by atoms with Gasteiger partial charge >= 0.3 is 0 Å². The Balaban J connectivity index is 2.24. The molecule has 1 unspecified atom stereocenters. The lowest BCUT2D eigenvalue weighted by molar-refractivity contribution is 0.547. The summed E-state index contributed by atoms with van der Waals surface area (Å²) in [6, 6.07) is 17.8. The van der Waals surface area contributed by atoms with Gasteiger partial charge in [0.15, 0.2) is 0 Å². The van der Waals surface area contributed by atoms with Gasteiger partial charge in [0.1, 0.15) is 0 Å². The zero-order valence-corrected chi connectivity index (χ0v) is 12.1. The molecule has 0 amide bonds. The Morgan fingerprint density at radius 1 is 1.00 bits per heavy atom. The normalized spacial score (nSPS) is 12.4. The maximum Gasteiger partial charge on any atom is 0.0363 e. The second-order valence-electron chi connectivity index (χ2n) is 5.16. The first-order chi connectivity index (χ1) is 9.20. The van der Waals surface area contributed by atoms with Gasteiger partial charge in [-0.15, -0.1) is 0 Å². The molecule has 0 aliphatic heterocycles. The van der Waals surface area contributed by atoms with E-state index in [1.54, 1.807) is 0 Å². The fourth-order valence-electron chi connectivity index (χ4n) is 2.59. The van der Waals surface area contributed by atoms with E-state index < -0.39 is 0 Å². The fourth-order valence-corrected chi connectivity index (χ4v) is 2.59. The molecule has 2 aromatic carbocycles. The van der Waals surface area contributed by atoms with Crippen molar-refractivity contribution in [3.8, 4) is 0 Å². The SMILES string of the molecule is CCNC(Cc1cccc(C)c1)c1ccccc1C. The summed E-state index contributed by atoms with van der Waals surface area (Å²) < 4.78 is 0. The molecule has 0 spiro atoms. The van der Waals surface area contributed by atoms with E-state index in [0.29, 0.717) is 6.04 Å². The average molecular weight is 253 g/mol. The van der Waals surface area contributed by atoms with Crippen LogP contribution in [0.2, 0.25) is 0 Å². The molecule has 1 heteroatoms. The van der Waals surface area contributed by atoms with E-state index >= 15 is 0 Å². The molecule has 2 aromatic rings. The number of aryl methyl sites for hydroxylation is 2. The van der Waals surface area contributed by atoms with Crippen molar-refractivity contribution in [2.45, 2.75) is 33.2 Å². The molecule has 0 saturated heterocycles. The van der Waals surface area contributed by atoms with Crippen molar-refractivity contribution in [2.75, 3.05) is 6.54 Å². The van der Waals surface area contributed by atoms with Crippen LogP contribution in [0, 0.1) is 13.8 Å². The molecule has 100 valence electrons. The summed E-state index contributed by atoms with van der Waals surface area (Å²) in [5.41, 5.74) is 5.50. The van der Waals surface area contributed by atoms with Crippen LogP contribution in [0.4, 0.5) is 0 Å². The Kier molecular flexibility index (Phi) is 4.75. The molecule has 1 atom stereocenters. The van der Waals surface area contributed by atoms with Crippen molar-refractivity contribution in [1.29, 1.82) is 0 Å². The van der Waals surface area contributed by atoms with Crippen LogP contribution in [-0.4, -0.2) is 6.54 Å². The lowest BCUT2D eigenvalue weighted by Gasteiger charge is -2.20. The van der Waals surface area contributed by atoms with Crippen molar-refractivity contribution in [3.63, 3.8) is 0 Å². The minimum absolute atomic E-state index is 0.396. The molecule has 1 N–H and O–H groups in total. The maximum absolute atomic E-state index is 3.61. The summed E-state index contributed by atoms with van der Waals surface area (Å²) in [6.45, 7) is 7.50. The molecular formula is C18H23N. The van der Waals surface area contributed by atoms with Crippen LogP contribution in [0.1, 0.15) is 35.2 Å². The summed E-state index contributed by atoms with van der Waals surface area (Å²) in [5, 5.41) is 3.61. The van der Waals surface area contributed by atoms with E-state index in [1.807, 2.05) is 0 Å². The monoisotopic (exact) mass is 253 g/mol. The summed E-state index contributed by atoms with van der Waals surface area (Å²) in [4.78, 5) is 0. The Morgan fingerprint density at radius 2 is 1.79 bits per heavy atom. The smallest absolute Gasteiger partial charge is 0.0363 e. The van der Waals surface area contributed by atoms with E-state index in [2.05, 4.69) is 74.6 Å². The molecule has 0 aromatic heterocycles. The van der Waals surface area contributed by atoms with Crippen molar-refractivity contribution in [1.82, 2.24) is 5.32 Å². The molecule has 19 heavy (non-hydrogen) atoms. The third-order valence-corrected chi connectivity index (χ3v) is 3.54. The topological polar surface area (TPSA) is 12.0 Å². The van der Waals surface area contributed by atoms with Crippen LogP contribution in [0.15, 0.2) is 48.5 Å². The van der Waals surface area contributed by atoms with Crippen molar-refractivity contribution < 1.29 is 0 Å². The van der Waals surface area contributed by atoms with Gasteiger partial charge in [0.25, 0.3) is 0 Å². The van der Waals surface area contributed by atoms with Crippen LogP contribution in [0.5, 0.6) is 0 Å². The third-order valence-electron chi connectivity index (χ3n) is 3.54. The number of benzene rings is 2. The highest BCUT2D eigenvalue weighted by Crippen LogP contribution is 2.22. The predicted molar refractivity (Wildman–Crippen MR) is 82.5 cm³/mol. The van der Waals surface area contributed by atoms with E-state index in [-0.39, 0.29) is 0 Å². The third kappa shape index (κ3) is 3.68. The van der Waals surface area contributed by atoms with E-state index in [0.717, 1.165) is 13.0 Å². The Bertz CT molecular complexity index is 531. The number of nitrogens with one attached hydrogen (secondary N) is 1. The molecule has 0 saturated carbocycles. The molecule has 1 nitrogen and oxygen atoms in total. The highest BCUT2D eigenvalue weighted by molar-refractivity contribution is 5.31. The summed E-state index contributed by atoms with van der Waals surface area (Å²) in [5.74, 6) is 0. The zero-order chi connectivity index (χ0) is 13.7. The van der Waals surface area contributed by atoms with Crippen LogP contribution in [0.25, 0.3) is 0 Å². The lowest BCUT2D eigenvalue weighted by Crippen LogP contribution is -2.23. The fraction of sp³-hybridized carbons (Fsp3) is 0.333. The zero-order valence-electron chi connectivity index (χ0n) is 12.1. The molecule has 0 aliphatic rings. The Labute approximate surface area is 116 Å². The standard InChI is InChI=1S/C18H23N/c1-4-19-18(17-11-6-5-9-15(17)3)13-16-10-7-8-14(2)12-16/h5-12,18-19H,4,13H2,1-3H3. The first kappa shape index (κ1) is 13.8. The minimum atomic E-state index is 0.396. The van der Waals surface area contributed by atoms with Gasteiger partial charge in [0.05, 0.1) is 0 Å². The quantitative estimate of drug-likeness (QED) is 0.842. The van der Waals surface area contributed by atoms with Crippen molar-refractivity contribution >= 4 is 0 Å². The van der Waals surface area contributed by atoms with Crippen LogP contribution < -0.4 is 5.32 Å². The highest BCUT2D eigenvalue weighted by atomic mass is 14.9. The molecule has 0 heterocycles.